The quantitative estimate of drug-likeness (QED) is 0.801. The van der Waals surface area contributed by atoms with Crippen LogP contribution in [0.1, 0.15) is 6.42 Å². The summed E-state index contributed by atoms with van der Waals surface area (Å²) in [6.07, 6.45) is 2.44. The number of nitrogens with two attached hydrogens (primary N) is 1. The standard InChI is InChI=1S/C10H13ClN2OS/c1-15-5-4-10(14)13-9-6-7(12)2-3-8(9)11/h2-3,6H,4-5,12H2,1H3,(H,13,14). The highest BCUT2D eigenvalue weighted by Crippen LogP contribution is 2.24. The summed E-state index contributed by atoms with van der Waals surface area (Å²) in [5.41, 5.74) is 6.74. The molecule has 0 aliphatic rings. The topological polar surface area (TPSA) is 55.1 Å². The number of halogens is 1. The average Bonchev–Trinajstić information content (AvgIpc) is 2.20. The summed E-state index contributed by atoms with van der Waals surface area (Å²) in [6.45, 7) is 0. The fourth-order valence-electron chi connectivity index (χ4n) is 1.05. The SMILES string of the molecule is CSCCC(=O)Nc1cc(N)ccc1Cl. The first-order valence-electron chi connectivity index (χ1n) is 4.47. The van der Waals surface area contributed by atoms with Gasteiger partial charge in [0.05, 0.1) is 10.7 Å². The maximum absolute atomic E-state index is 11.4. The zero-order chi connectivity index (χ0) is 11.3. The van der Waals surface area contributed by atoms with Crippen LogP contribution in [-0.2, 0) is 4.79 Å². The van der Waals surface area contributed by atoms with Crippen molar-refractivity contribution >= 4 is 40.6 Å². The molecule has 0 saturated heterocycles. The first kappa shape index (κ1) is 12.2. The van der Waals surface area contributed by atoms with Gasteiger partial charge in [-0.1, -0.05) is 11.6 Å². The highest BCUT2D eigenvalue weighted by atomic mass is 35.5. The van der Waals surface area contributed by atoms with E-state index in [4.69, 9.17) is 17.3 Å². The van der Waals surface area contributed by atoms with Gasteiger partial charge in [0.25, 0.3) is 0 Å². The van der Waals surface area contributed by atoms with E-state index >= 15 is 0 Å². The normalized spacial score (nSPS) is 10.0. The van der Waals surface area contributed by atoms with Crippen LogP contribution in [0.5, 0.6) is 0 Å². The van der Waals surface area contributed by atoms with E-state index < -0.39 is 0 Å². The Bertz CT molecular complexity index is 357. The summed E-state index contributed by atoms with van der Waals surface area (Å²) in [4.78, 5) is 11.4. The van der Waals surface area contributed by atoms with Crippen molar-refractivity contribution in [2.45, 2.75) is 6.42 Å². The first-order chi connectivity index (χ1) is 7.13. The molecule has 0 heterocycles. The zero-order valence-electron chi connectivity index (χ0n) is 8.42. The van der Waals surface area contributed by atoms with E-state index in [1.54, 1.807) is 30.0 Å². The van der Waals surface area contributed by atoms with Crippen molar-refractivity contribution in [3.63, 3.8) is 0 Å². The third kappa shape index (κ3) is 4.01. The van der Waals surface area contributed by atoms with E-state index in [0.717, 1.165) is 5.75 Å². The van der Waals surface area contributed by atoms with Crippen LogP contribution in [0.2, 0.25) is 5.02 Å². The number of hydrogen-bond acceptors (Lipinski definition) is 3. The Balaban J connectivity index is 2.63. The summed E-state index contributed by atoms with van der Waals surface area (Å²) < 4.78 is 0. The molecule has 0 spiro atoms. The lowest BCUT2D eigenvalue weighted by Gasteiger charge is -2.07. The summed E-state index contributed by atoms with van der Waals surface area (Å²) >= 11 is 7.53. The number of nitrogens with one attached hydrogen (secondary N) is 1. The zero-order valence-corrected chi connectivity index (χ0v) is 9.99. The fraction of sp³-hybridized carbons (Fsp3) is 0.300. The number of amides is 1. The molecule has 0 aliphatic heterocycles. The Hall–Kier alpha value is -0.870. The minimum Gasteiger partial charge on any atom is -0.399 e. The van der Waals surface area contributed by atoms with Crippen LogP contribution in [0, 0.1) is 0 Å². The predicted molar refractivity (Wildman–Crippen MR) is 67.5 cm³/mol. The molecule has 0 bridgehead atoms. The molecule has 0 atom stereocenters. The van der Waals surface area contributed by atoms with Crippen molar-refractivity contribution in [3.05, 3.63) is 23.2 Å². The van der Waals surface area contributed by atoms with Crippen molar-refractivity contribution in [1.82, 2.24) is 0 Å². The van der Waals surface area contributed by atoms with Crippen LogP contribution >= 0.6 is 23.4 Å². The predicted octanol–water partition coefficient (Wildman–Crippen LogP) is 2.61. The number of carbonyl (C=O) groups excluding carboxylic acids is 1. The Morgan fingerprint density at radius 1 is 1.60 bits per heavy atom. The third-order valence-electron chi connectivity index (χ3n) is 1.80. The molecular weight excluding hydrogens is 232 g/mol. The van der Waals surface area contributed by atoms with E-state index in [1.165, 1.54) is 0 Å². The molecule has 3 nitrogen and oxygen atoms in total. The monoisotopic (exact) mass is 244 g/mol. The largest absolute Gasteiger partial charge is 0.399 e. The molecule has 0 unspecified atom stereocenters. The first-order valence-corrected chi connectivity index (χ1v) is 6.24. The highest BCUT2D eigenvalue weighted by molar-refractivity contribution is 7.98. The lowest BCUT2D eigenvalue weighted by Crippen LogP contribution is -2.12. The second-order valence-electron chi connectivity index (χ2n) is 3.03. The van der Waals surface area contributed by atoms with Crippen molar-refractivity contribution in [1.29, 1.82) is 0 Å². The number of hydrogen-bond donors (Lipinski definition) is 2. The Kier molecular flexibility index (Phi) is 4.78. The van der Waals surface area contributed by atoms with Crippen LogP contribution in [0.3, 0.4) is 0 Å². The number of rotatable bonds is 4. The molecule has 0 aliphatic carbocycles. The van der Waals surface area contributed by atoms with Gasteiger partial charge in [0.2, 0.25) is 5.91 Å². The van der Waals surface area contributed by atoms with Gasteiger partial charge >= 0.3 is 0 Å². The van der Waals surface area contributed by atoms with Gasteiger partial charge < -0.3 is 11.1 Å². The minimum atomic E-state index is -0.0446. The maximum atomic E-state index is 11.4. The van der Waals surface area contributed by atoms with Gasteiger partial charge in [-0.2, -0.15) is 11.8 Å². The summed E-state index contributed by atoms with van der Waals surface area (Å²) in [7, 11) is 0. The molecule has 82 valence electrons. The smallest absolute Gasteiger partial charge is 0.225 e. The molecule has 1 amide bonds. The van der Waals surface area contributed by atoms with E-state index in [9.17, 15) is 4.79 Å². The van der Waals surface area contributed by atoms with E-state index in [-0.39, 0.29) is 5.91 Å². The van der Waals surface area contributed by atoms with Gasteiger partial charge in [0.15, 0.2) is 0 Å². The summed E-state index contributed by atoms with van der Waals surface area (Å²) in [5.74, 6) is 0.753. The molecule has 0 radical (unpaired) electrons. The van der Waals surface area contributed by atoms with Crippen LogP contribution in [0.15, 0.2) is 18.2 Å². The Morgan fingerprint density at radius 3 is 3.00 bits per heavy atom. The van der Waals surface area contributed by atoms with Gasteiger partial charge in [-0.3, -0.25) is 4.79 Å². The molecule has 1 aromatic rings. The minimum absolute atomic E-state index is 0.0446. The van der Waals surface area contributed by atoms with Crippen LogP contribution < -0.4 is 11.1 Å². The van der Waals surface area contributed by atoms with Crippen LogP contribution in [-0.4, -0.2) is 17.9 Å². The molecule has 0 aromatic heterocycles. The molecule has 1 aromatic carbocycles. The molecule has 5 heteroatoms. The average molecular weight is 245 g/mol. The van der Waals surface area contributed by atoms with Gasteiger partial charge in [-0.15, -0.1) is 0 Å². The lowest BCUT2D eigenvalue weighted by atomic mass is 10.2. The molecule has 1 rings (SSSR count). The number of nitrogen functional groups attached to an aromatic ring is 1. The second-order valence-corrected chi connectivity index (χ2v) is 4.42. The lowest BCUT2D eigenvalue weighted by molar-refractivity contribution is -0.115. The van der Waals surface area contributed by atoms with Gasteiger partial charge in [-0.05, 0) is 24.5 Å². The number of thioether (sulfide) groups is 1. The van der Waals surface area contributed by atoms with Gasteiger partial charge in [0, 0.05) is 17.9 Å². The summed E-state index contributed by atoms with van der Waals surface area (Å²) in [5, 5.41) is 3.22. The molecule has 0 fully saturated rings. The van der Waals surface area contributed by atoms with Crippen LogP contribution in [0.25, 0.3) is 0 Å². The van der Waals surface area contributed by atoms with Gasteiger partial charge in [-0.25, -0.2) is 0 Å². The Labute approximate surface area is 98.4 Å². The number of benzene rings is 1. The van der Waals surface area contributed by atoms with Crippen molar-refractivity contribution in [2.24, 2.45) is 0 Å². The van der Waals surface area contributed by atoms with Crippen molar-refractivity contribution in [3.8, 4) is 0 Å². The molecular formula is C10H13ClN2OS. The molecule has 3 N–H and O–H groups in total. The molecule has 0 saturated carbocycles. The molecule has 15 heavy (non-hydrogen) atoms. The number of anilines is 2. The number of carbonyl (C=O) groups is 1. The van der Waals surface area contributed by atoms with E-state index in [1.807, 2.05) is 6.26 Å². The fourth-order valence-corrected chi connectivity index (χ4v) is 1.60. The van der Waals surface area contributed by atoms with Crippen LogP contribution in [0.4, 0.5) is 11.4 Å². The van der Waals surface area contributed by atoms with Gasteiger partial charge in [0.1, 0.15) is 0 Å². The third-order valence-corrected chi connectivity index (χ3v) is 2.74. The highest BCUT2D eigenvalue weighted by Gasteiger charge is 2.05. The van der Waals surface area contributed by atoms with Crippen molar-refractivity contribution < 1.29 is 4.79 Å². The van der Waals surface area contributed by atoms with Crippen molar-refractivity contribution in [2.75, 3.05) is 23.1 Å². The Morgan fingerprint density at radius 2 is 2.33 bits per heavy atom. The maximum Gasteiger partial charge on any atom is 0.225 e. The summed E-state index contributed by atoms with van der Waals surface area (Å²) in [6, 6.07) is 5.01. The van der Waals surface area contributed by atoms with E-state index in [0.29, 0.717) is 22.8 Å². The van der Waals surface area contributed by atoms with E-state index in [2.05, 4.69) is 5.32 Å². The second kappa shape index (κ2) is 5.88.